The number of hydrogen-bond donors (Lipinski definition) is 4. The lowest BCUT2D eigenvalue weighted by Gasteiger charge is -2.39. The lowest BCUT2D eigenvalue weighted by molar-refractivity contribution is -0.305. The van der Waals surface area contributed by atoms with Crippen LogP contribution in [0, 0.1) is 0 Å². The van der Waals surface area contributed by atoms with Crippen molar-refractivity contribution >= 4 is 5.97 Å². The van der Waals surface area contributed by atoms with E-state index < -0.39 is 43.4 Å². The molecule has 346 valence electrons. The van der Waals surface area contributed by atoms with E-state index in [1.807, 2.05) is 0 Å². The number of carbonyl (C=O) groups is 1. The zero-order valence-corrected chi connectivity index (χ0v) is 38.1. The van der Waals surface area contributed by atoms with Crippen molar-refractivity contribution in [2.24, 2.45) is 0 Å². The van der Waals surface area contributed by atoms with E-state index in [-0.39, 0.29) is 19.2 Å². The molecule has 0 aliphatic carbocycles. The molecule has 58 heavy (non-hydrogen) atoms. The molecule has 0 bridgehead atoms. The minimum atomic E-state index is -1.53. The van der Waals surface area contributed by atoms with Gasteiger partial charge in [-0.15, -0.1) is 0 Å². The van der Waals surface area contributed by atoms with Crippen LogP contribution in [0.15, 0.2) is 0 Å². The van der Waals surface area contributed by atoms with E-state index in [1.54, 1.807) is 0 Å². The Morgan fingerprint density at radius 2 is 0.845 bits per heavy atom. The SMILES string of the molecule is CCCCCCCCCCCCCCCCCCCCCCCCCC(=O)OC(COCCCCCCCCCCCCCC)COC1OC(CO)C(O)C(O)C1O. The summed E-state index contributed by atoms with van der Waals surface area (Å²) in [6, 6.07) is 0. The van der Waals surface area contributed by atoms with Gasteiger partial charge in [-0.05, 0) is 12.8 Å². The Morgan fingerprint density at radius 1 is 0.483 bits per heavy atom. The molecule has 0 radical (unpaired) electrons. The predicted octanol–water partition coefficient (Wildman–Crippen LogP) is 11.8. The molecular formula is C49H96O9. The smallest absolute Gasteiger partial charge is 0.306 e. The maximum Gasteiger partial charge on any atom is 0.306 e. The van der Waals surface area contributed by atoms with E-state index in [1.165, 1.54) is 193 Å². The zero-order chi connectivity index (χ0) is 42.2. The third-order valence-corrected chi connectivity index (χ3v) is 12.0. The first-order valence-corrected chi connectivity index (χ1v) is 25.1. The molecule has 9 heteroatoms. The molecule has 0 saturated carbocycles. The van der Waals surface area contributed by atoms with Crippen molar-refractivity contribution < 1.29 is 44.2 Å². The maximum atomic E-state index is 12.8. The molecule has 6 atom stereocenters. The molecule has 1 heterocycles. The van der Waals surface area contributed by atoms with Gasteiger partial charge in [-0.1, -0.05) is 226 Å². The van der Waals surface area contributed by atoms with Crippen LogP contribution in [0.3, 0.4) is 0 Å². The van der Waals surface area contributed by atoms with Crippen LogP contribution >= 0.6 is 0 Å². The number of carbonyl (C=O) groups excluding carboxylic acids is 1. The van der Waals surface area contributed by atoms with Crippen LogP contribution in [0.4, 0.5) is 0 Å². The number of ether oxygens (including phenoxy) is 4. The first-order valence-electron chi connectivity index (χ1n) is 25.1. The number of unbranched alkanes of at least 4 members (excludes halogenated alkanes) is 33. The average Bonchev–Trinajstić information content (AvgIpc) is 3.22. The quantitative estimate of drug-likeness (QED) is 0.0350. The van der Waals surface area contributed by atoms with Crippen molar-refractivity contribution in [3.8, 4) is 0 Å². The molecule has 1 rings (SSSR count). The molecule has 0 aromatic rings. The normalized spacial score (nSPS) is 20.1. The van der Waals surface area contributed by atoms with Gasteiger partial charge in [0.05, 0.1) is 19.8 Å². The second-order valence-electron chi connectivity index (χ2n) is 17.6. The van der Waals surface area contributed by atoms with E-state index in [4.69, 9.17) is 18.9 Å². The van der Waals surface area contributed by atoms with Crippen LogP contribution in [0.25, 0.3) is 0 Å². The molecule has 1 saturated heterocycles. The van der Waals surface area contributed by atoms with Gasteiger partial charge in [0.2, 0.25) is 0 Å². The highest BCUT2D eigenvalue weighted by Crippen LogP contribution is 2.23. The minimum Gasteiger partial charge on any atom is -0.457 e. The largest absolute Gasteiger partial charge is 0.457 e. The fraction of sp³-hybridized carbons (Fsp3) is 0.980. The summed E-state index contributed by atoms with van der Waals surface area (Å²) in [7, 11) is 0. The third kappa shape index (κ3) is 32.0. The molecular weight excluding hydrogens is 733 g/mol. The zero-order valence-electron chi connectivity index (χ0n) is 38.1. The number of esters is 1. The first kappa shape index (κ1) is 55.2. The number of aliphatic hydroxyl groups excluding tert-OH is 4. The number of rotatable bonds is 44. The number of aliphatic hydroxyl groups is 4. The van der Waals surface area contributed by atoms with Crippen molar-refractivity contribution in [3.63, 3.8) is 0 Å². The molecule has 0 aromatic carbocycles. The van der Waals surface area contributed by atoms with E-state index >= 15 is 0 Å². The van der Waals surface area contributed by atoms with Crippen LogP contribution in [-0.4, -0.2) is 89.6 Å². The van der Waals surface area contributed by atoms with E-state index in [2.05, 4.69) is 13.8 Å². The summed E-state index contributed by atoms with van der Waals surface area (Å²) in [5.41, 5.74) is 0. The molecule has 1 aliphatic heterocycles. The summed E-state index contributed by atoms with van der Waals surface area (Å²) in [5, 5.41) is 40.1. The average molecular weight is 829 g/mol. The molecule has 9 nitrogen and oxygen atoms in total. The highest BCUT2D eigenvalue weighted by Gasteiger charge is 2.44. The second-order valence-corrected chi connectivity index (χ2v) is 17.6. The van der Waals surface area contributed by atoms with Gasteiger partial charge < -0.3 is 39.4 Å². The van der Waals surface area contributed by atoms with E-state index in [0.717, 1.165) is 32.1 Å². The first-order chi connectivity index (χ1) is 28.4. The molecule has 6 unspecified atom stereocenters. The van der Waals surface area contributed by atoms with Crippen LogP contribution in [0.5, 0.6) is 0 Å². The Balaban J connectivity index is 2.15. The maximum absolute atomic E-state index is 12.8. The van der Waals surface area contributed by atoms with Crippen molar-refractivity contribution in [3.05, 3.63) is 0 Å². The third-order valence-electron chi connectivity index (χ3n) is 12.0. The molecule has 4 N–H and O–H groups in total. The lowest BCUT2D eigenvalue weighted by atomic mass is 9.99. The monoisotopic (exact) mass is 829 g/mol. The molecule has 0 aromatic heterocycles. The summed E-state index contributed by atoms with van der Waals surface area (Å²) in [6.45, 7) is 4.61. The van der Waals surface area contributed by atoms with Gasteiger partial charge >= 0.3 is 5.97 Å². The van der Waals surface area contributed by atoms with Gasteiger partial charge in [0.15, 0.2) is 6.29 Å². The standard InChI is InChI=1S/C49H96O9/c1-3-5-7-9-11-13-15-17-18-19-20-21-22-23-24-25-26-27-28-30-32-34-36-38-45(51)57-43(42-56-49-48(54)47(53)46(52)44(40-50)58-49)41-55-39-37-35-33-31-29-16-14-12-10-8-6-4-2/h43-44,46-50,52-54H,3-42H2,1-2H3. The van der Waals surface area contributed by atoms with Crippen LogP contribution in [0.2, 0.25) is 0 Å². The van der Waals surface area contributed by atoms with E-state index in [0.29, 0.717) is 13.0 Å². The summed E-state index contributed by atoms with van der Waals surface area (Å²) < 4.78 is 22.9. The summed E-state index contributed by atoms with van der Waals surface area (Å²) in [6.07, 6.45) is 38.5. The van der Waals surface area contributed by atoms with Gasteiger partial charge in [-0.25, -0.2) is 0 Å². The Kier molecular flexibility index (Phi) is 39.5. The van der Waals surface area contributed by atoms with E-state index in [9.17, 15) is 25.2 Å². The Morgan fingerprint density at radius 3 is 1.22 bits per heavy atom. The van der Waals surface area contributed by atoms with Gasteiger partial charge in [0, 0.05) is 13.0 Å². The van der Waals surface area contributed by atoms with Gasteiger partial charge in [0.1, 0.15) is 30.5 Å². The van der Waals surface area contributed by atoms with Crippen LogP contribution in [0.1, 0.15) is 245 Å². The van der Waals surface area contributed by atoms with Gasteiger partial charge in [-0.2, -0.15) is 0 Å². The Hall–Kier alpha value is -0.810. The highest BCUT2D eigenvalue weighted by molar-refractivity contribution is 5.69. The second kappa shape index (κ2) is 41.5. The van der Waals surface area contributed by atoms with Crippen LogP contribution in [-0.2, 0) is 23.7 Å². The lowest BCUT2D eigenvalue weighted by Crippen LogP contribution is -2.59. The van der Waals surface area contributed by atoms with Gasteiger partial charge in [0.25, 0.3) is 0 Å². The van der Waals surface area contributed by atoms with Crippen molar-refractivity contribution in [1.82, 2.24) is 0 Å². The molecule has 0 spiro atoms. The Bertz CT molecular complexity index is 858. The van der Waals surface area contributed by atoms with Crippen molar-refractivity contribution in [2.75, 3.05) is 26.4 Å². The summed E-state index contributed by atoms with van der Waals surface area (Å²) in [5.74, 6) is -0.306. The molecule has 0 amide bonds. The molecule has 1 aliphatic rings. The van der Waals surface area contributed by atoms with Crippen molar-refractivity contribution in [1.29, 1.82) is 0 Å². The number of hydrogen-bond acceptors (Lipinski definition) is 9. The summed E-state index contributed by atoms with van der Waals surface area (Å²) >= 11 is 0. The predicted molar refractivity (Wildman–Crippen MR) is 238 cm³/mol. The fourth-order valence-corrected chi connectivity index (χ4v) is 8.08. The topological polar surface area (TPSA) is 135 Å². The van der Waals surface area contributed by atoms with Crippen LogP contribution < -0.4 is 0 Å². The minimum absolute atomic E-state index is 0.105. The fourth-order valence-electron chi connectivity index (χ4n) is 8.08. The van der Waals surface area contributed by atoms with Gasteiger partial charge in [-0.3, -0.25) is 4.79 Å². The highest BCUT2D eigenvalue weighted by atomic mass is 16.7. The van der Waals surface area contributed by atoms with Crippen molar-refractivity contribution in [2.45, 2.75) is 282 Å². The summed E-state index contributed by atoms with van der Waals surface area (Å²) in [4.78, 5) is 12.8. The Labute approximate surface area is 357 Å². The molecule has 1 fully saturated rings.